The van der Waals surface area contributed by atoms with E-state index in [4.69, 9.17) is 0 Å². The van der Waals surface area contributed by atoms with Crippen LogP contribution < -0.4 is 0 Å². The standard InChI is InChI=1S/C31H62N2/c1-4-7-10-12-13-14-15-16-17-18-19-20-21-22-23-25-28-33-30-29-32(27-24-11-8-5-2)31(33)26-9-6-3/h29-31H,4-28H2,1-3H3. The van der Waals surface area contributed by atoms with Crippen molar-refractivity contribution in [2.45, 2.75) is 175 Å². The van der Waals surface area contributed by atoms with Crippen molar-refractivity contribution in [2.75, 3.05) is 13.1 Å². The molecule has 196 valence electrons. The number of nitrogens with zero attached hydrogens (tertiary/aromatic N) is 2. The maximum atomic E-state index is 2.65. The molecule has 0 bridgehead atoms. The maximum Gasteiger partial charge on any atom is 0.101 e. The Morgan fingerprint density at radius 3 is 1.06 bits per heavy atom. The van der Waals surface area contributed by atoms with E-state index in [-0.39, 0.29) is 0 Å². The first-order valence-electron chi connectivity index (χ1n) is 15.5. The lowest BCUT2D eigenvalue weighted by Gasteiger charge is -2.33. The van der Waals surface area contributed by atoms with Gasteiger partial charge in [0.1, 0.15) is 6.17 Å². The van der Waals surface area contributed by atoms with Crippen molar-refractivity contribution >= 4 is 0 Å². The monoisotopic (exact) mass is 462 g/mol. The highest BCUT2D eigenvalue weighted by Crippen LogP contribution is 2.23. The zero-order valence-corrected chi connectivity index (χ0v) is 23.3. The second-order valence-corrected chi connectivity index (χ2v) is 10.8. The summed E-state index contributed by atoms with van der Waals surface area (Å²) in [5.74, 6) is 0. The van der Waals surface area contributed by atoms with Crippen LogP contribution in [0.2, 0.25) is 0 Å². The second kappa shape index (κ2) is 23.1. The molecule has 1 unspecified atom stereocenters. The highest BCUT2D eigenvalue weighted by Gasteiger charge is 2.24. The van der Waals surface area contributed by atoms with Gasteiger partial charge in [-0.2, -0.15) is 0 Å². The van der Waals surface area contributed by atoms with Gasteiger partial charge in [-0.1, -0.05) is 143 Å². The fourth-order valence-electron chi connectivity index (χ4n) is 5.29. The van der Waals surface area contributed by atoms with Crippen LogP contribution in [0.15, 0.2) is 12.4 Å². The van der Waals surface area contributed by atoms with Crippen LogP contribution in [0.5, 0.6) is 0 Å². The van der Waals surface area contributed by atoms with E-state index in [9.17, 15) is 0 Å². The summed E-state index contributed by atoms with van der Waals surface area (Å²) in [4.78, 5) is 5.29. The zero-order chi connectivity index (χ0) is 23.8. The third-order valence-electron chi connectivity index (χ3n) is 7.57. The summed E-state index contributed by atoms with van der Waals surface area (Å²) < 4.78 is 0. The molecule has 0 spiro atoms. The molecule has 1 aliphatic heterocycles. The molecule has 0 aromatic heterocycles. The third-order valence-corrected chi connectivity index (χ3v) is 7.57. The molecule has 0 fully saturated rings. The minimum Gasteiger partial charge on any atom is -0.356 e. The quantitative estimate of drug-likeness (QED) is 0.124. The molecule has 2 nitrogen and oxygen atoms in total. The molecular formula is C31H62N2. The SMILES string of the molecule is CCCCCCCCCCCCCCCCCCN1C=CN(CCCCCC)C1CCCC. The van der Waals surface area contributed by atoms with E-state index in [2.05, 4.69) is 43.0 Å². The molecule has 0 aliphatic carbocycles. The number of unbranched alkanes of at least 4 members (excludes halogenated alkanes) is 19. The van der Waals surface area contributed by atoms with Gasteiger partial charge < -0.3 is 9.80 Å². The summed E-state index contributed by atoms with van der Waals surface area (Å²) in [6.45, 7) is 9.45. The van der Waals surface area contributed by atoms with Gasteiger partial charge in [-0.3, -0.25) is 0 Å². The van der Waals surface area contributed by atoms with E-state index in [1.165, 1.54) is 161 Å². The fraction of sp³-hybridized carbons (Fsp3) is 0.935. The van der Waals surface area contributed by atoms with E-state index in [0.717, 1.165) is 0 Å². The van der Waals surface area contributed by atoms with Crippen LogP contribution in [0.4, 0.5) is 0 Å². The van der Waals surface area contributed by atoms with Crippen LogP contribution in [-0.4, -0.2) is 29.1 Å². The molecular weight excluding hydrogens is 400 g/mol. The van der Waals surface area contributed by atoms with Crippen molar-refractivity contribution in [3.63, 3.8) is 0 Å². The average molecular weight is 463 g/mol. The van der Waals surface area contributed by atoms with Crippen LogP contribution >= 0.6 is 0 Å². The van der Waals surface area contributed by atoms with E-state index in [1.807, 2.05) is 0 Å². The van der Waals surface area contributed by atoms with E-state index >= 15 is 0 Å². The van der Waals surface area contributed by atoms with E-state index in [1.54, 1.807) is 0 Å². The minimum absolute atomic E-state index is 0.642. The molecule has 0 amide bonds. The zero-order valence-electron chi connectivity index (χ0n) is 23.3. The molecule has 0 radical (unpaired) electrons. The Labute approximate surface area is 210 Å². The molecule has 33 heavy (non-hydrogen) atoms. The maximum absolute atomic E-state index is 2.65. The van der Waals surface area contributed by atoms with Crippen molar-refractivity contribution in [3.05, 3.63) is 12.4 Å². The van der Waals surface area contributed by atoms with Gasteiger partial charge in [0.05, 0.1) is 0 Å². The number of rotatable bonds is 25. The first-order valence-corrected chi connectivity index (χ1v) is 15.5. The Kier molecular flexibility index (Phi) is 21.3. The predicted octanol–water partition coefficient (Wildman–Crippen LogP) is 10.4. The second-order valence-electron chi connectivity index (χ2n) is 10.8. The summed E-state index contributed by atoms with van der Waals surface area (Å²) in [6, 6.07) is 0. The van der Waals surface area contributed by atoms with Crippen LogP contribution in [0, 0.1) is 0 Å². The lowest BCUT2D eigenvalue weighted by Crippen LogP contribution is -2.39. The Bertz CT molecular complexity index is 419. The van der Waals surface area contributed by atoms with E-state index < -0.39 is 0 Å². The van der Waals surface area contributed by atoms with Gasteiger partial charge in [-0.15, -0.1) is 0 Å². The molecule has 0 saturated carbocycles. The van der Waals surface area contributed by atoms with Gasteiger partial charge in [-0.05, 0) is 25.7 Å². The lowest BCUT2D eigenvalue weighted by atomic mass is 10.0. The first kappa shape index (κ1) is 30.4. The topological polar surface area (TPSA) is 6.48 Å². The Balaban J connectivity index is 1.96. The molecule has 1 heterocycles. The van der Waals surface area contributed by atoms with Crippen LogP contribution in [-0.2, 0) is 0 Å². The summed E-state index contributed by atoms with van der Waals surface area (Å²) >= 11 is 0. The first-order chi connectivity index (χ1) is 16.3. The van der Waals surface area contributed by atoms with Gasteiger partial charge in [0, 0.05) is 25.5 Å². The van der Waals surface area contributed by atoms with Crippen molar-refractivity contribution in [3.8, 4) is 0 Å². The molecule has 2 heteroatoms. The molecule has 1 rings (SSSR count). The van der Waals surface area contributed by atoms with E-state index in [0.29, 0.717) is 6.17 Å². The smallest absolute Gasteiger partial charge is 0.101 e. The highest BCUT2D eigenvalue weighted by atomic mass is 15.4. The average Bonchev–Trinajstić information content (AvgIpc) is 3.21. The summed E-state index contributed by atoms with van der Waals surface area (Å²) in [5.41, 5.74) is 0. The molecule has 0 N–H and O–H groups in total. The summed E-state index contributed by atoms with van der Waals surface area (Å²) in [7, 11) is 0. The Morgan fingerprint density at radius 2 is 0.697 bits per heavy atom. The summed E-state index contributed by atoms with van der Waals surface area (Å²) in [5, 5.41) is 0. The van der Waals surface area contributed by atoms with Gasteiger partial charge in [0.25, 0.3) is 0 Å². The predicted molar refractivity (Wildman–Crippen MR) is 150 cm³/mol. The third kappa shape index (κ3) is 16.6. The van der Waals surface area contributed by atoms with Crippen molar-refractivity contribution in [1.82, 2.24) is 9.80 Å². The molecule has 1 aliphatic rings. The molecule has 1 atom stereocenters. The van der Waals surface area contributed by atoms with Crippen LogP contribution in [0.25, 0.3) is 0 Å². The Hall–Kier alpha value is -0.660. The largest absolute Gasteiger partial charge is 0.356 e. The molecule has 0 saturated heterocycles. The summed E-state index contributed by atoms with van der Waals surface area (Å²) in [6.07, 6.45) is 38.1. The van der Waals surface area contributed by atoms with Crippen molar-refractivity contribution in [2.24, 2.45) is 0 Å². The number of hydrogen-bond donors (Lipinski definition) is 0. The van der Waals surface area contributed by atoms with Crippen molar-refractivity contribution < 1.29 is 0 Å². The van der Waals surface area contributed by atoms with Gasteiger partial charge in [-0.25, -0.2) is 0 Å². The van der Waals surface area contributed by atoms with Gasteiger partial charge in [0.15, 0.2) is 0 Å². The molecule has 0 aromatic carbocycles. The fourth-order valence-corrected chi connectivity index (χ4v) is 5.29. The van der Waals surface area contributed by atoms with Gasteiger partial charge >= 0.3 is 0 Å². The minimum atomic E-state index is 0.642. The Morgan fingerprint density at radius 1 is 0.394 bits per heavy atom. The van der Waals surface area contributed by atoms with Crippen LogP contribution in [0.1, 0.15) is 168 Å². The van der Waals surface area contributed by atoms with Gasteiger partial charge in [0.2, 0.25) is 0 Å². The lowest BCUT2D eigenvalue weighted by molar-refractivity contribution is 0.136. The normalized spacial score (nSPS) is 15.8. The van der Waals surface area contributed by atoms with Crippen LogP contribution in [0.3, 0.4) is 0 Å². The molecule has 0 aromatic rings. The highest BCUT2D eigenvalue weighted by molar-refractivity contribution is 4.96. The number of hydrogen-bond acceptors (Lipinski definition) is 2. The van der Waals surface area contributed by atoms with Crippen molar-refractivity contribution in [1.29, 1.82) is 0 Å².